The van der Waals surface area contributed by atoms with Gasteiger partial charge in [0.05, 0.1) is 6.04 Å². The second kappa shape index (κ2) is 5.45. The van der Waals surface area contributed by atoms with E-state index in [1.165, 1.54) is 0 Å². The predicted molar refractivity (Wildman–Crippen MR) is 56.2 cm³/mol. The van der Waals surface area contributed by atoms with Gasteiger partial charge in [0.2, 0.25) is 5.91 Å². The number of nitrogens with one attached hydrogen (secondary N) is 1. The third-order valence-corrected chi connectivity index (χ3v) is 2.54. The molecule has 1 rings (SSSR count). The van der Waals surface area contributed by atoms with Gasteiger partial charge in [-0.3, -0.25) is 4.79 Å². The van der Waals surface area contributed by atoms with Crippen molar-refractivity contribution >= 4 is 18.3 Å². The summed E-state index contributed by atoms with van der Waals surface area (Å²) in [6.45, 7) is 5.09. The highest BCUT2D eigenvalue weighted by atomic mass is 35.5. The van der Waals surface area contributed by atoms with E-state index in [-0.39, 0.29) is 24.4 Å². The molecule has 0 saturated carbocycles. The van der Waals surface area contributed by atoms with Gasteiger partial charge in [0, 0.05) is 19.6 Å². The zero-order valence-electron chi connectivity index (χ0n) is 8.54. The topological polar surface area (TPSA) is 32.3 Å². The molecule has 1 N–H and O–H groups in total. The van der Waals surface area contributed by atoms with Crippen molar-refractivity contribution in [2.75, 3.05) is 13.6 Å². The Balaban J connectivity index is 0.00000144. The fourth-order valence-corrected chi connectivity index (χ4v) is 1.51. The lowest BCUT2D eigenvalue weighted by molar-refractivity contribution is -0.136. The first-order valence-corrected chi connectivity index (χ1v) is 4.67. The molecule has 1 amide bonds. The number of amides is 1. The second-order valence-corrected chi connectivity index (χ2v) is 3.55. The first-order valence-electron chi connectivity index (χ1n) is 4.67. The predicted octanol–water partition coefficient (Wildman–Crippen LogP) is 1.03. The van der Waals surface area contributed by atoms with Gasteiger partial charge in [0.25, 0.3) is 0 Å². The van der Waals surface area contributed by atoms with Crippen molar-refractivity contribution < 1.29 is 4.79 Å². The molecule has 1 aliphatic heterocycles. The van der Waals surface area contributed by atoms with Gasteiger partial charge in [0.15, 0.2) is 0 Å². The summed E-state index contributed by atoms with van der Waals surface area (Å²) in [4.78, 5) is 13.4. The van der Waals surface area contributed by atoms with E-state index in [0.717, 1.165) is 19.4 Å². The van der Waals surface area contributed by atoms with Gasteiger partial charge in [-0.05, 0) is 13.3 Å². The molecular formula is C9H19ClN2O. The SMILES string of the molecule is CCCC1NCC(C)N(C)C1=O.Cl. The number of hydrogen-bond acceptors (Lipinski definition) is 2. The lowest BCUT2D eigenvalue weighted by Gasteiger charge is -2.35. The Hall–Kier alpha value is -0.280. The van der Waals surface area contributed by atoms with E-state index in [2.05, 4.69) is 19.2 Å². The maximum absolute atomic E-state index is 11.6. The van der Waals surface area contributed by atoms with E-state index in [1.54, 1.807) is 0 Å². The molecule has 0 aromatic heterocycles. The third kappa shape index (κ3) is 2.85. The minimum atomic E-state index is 0. The van der Waals surface area contributed by atoms with Crippen molar-refractivity contribution in [3.05, 3.63) is 0 Å². The number of halogens is 1. The second-order valence-electron chi connectivity index (χ2n) is 3.55. The highest BCUT2D eigenvalue weighted by molar-refractivity contribution is 5.85. The van der Waals surface area contributed by atoms with E-state index in [4.69, 9.17) is 0 Å². The Morgan fingerprint density at radius 2 is 2.23 bits per heavy atom. The molecule has 1 aliphatic rings. The van der Waals surface area contributed by atoms with Crippen LogP contribution in [0.25, 0.3) is 0 Å². The molecule has 0 radical (unpaired) electrons. The van der Waals surface area contributed by atoms with Gasteiger partial charge in [-0.1, -0.05) is 13.3 Å². The van der Waals surface area contributed by atoms with Crippen LogP contribution >= 0.6 is 12.4 Å². The molecule has 0 bridgehead atoms. The van der Waals surface area contributed by atoms with Crippen LogP contribution < -0.4 is 5.32 Å². The van der Waals surface area contributed by atoms with Gasteiger partial charge in [-0.25, -0.2) is 0 Å². The summed E-state index contributed by atoms with van der Waals surface area (Å²) in [5.41, 5.74) is 0. The molecule has 2 unspecified atom stereocenters. The molecule has 0 aromatic carbocycles. The highest BCUT2D eigenvalue weighted by Gasteiger charge is 2.28. The Morgan fingerprint density at radius 1 is 1.62 bits per heavy atom. The minimum Gasteiger partial charge on any atom is -0.340 e. The van der Waals surface area contributed by atoms with E-state index in [1.807, 2.05) is 11.9 Å². The number of likely N-dealkylation sites (N-methyl/N-ethyl adjacent to an activating group) is 1. The summed E-state index contributed by atoms with van der Waals surface area (Å²) in [7, 11) is 1.89. The van der Waals surface area contributed by atoms with Crippen molar-refractivity contribution in [2.45, 2.75) is 38.8 Å². The van der Waals surface area contributed by atoms with Gasteiger partial charge in [-0.15, -0.1) is 12.4 Å². The van der Waals surface area contributed by atoms with Crippen LogP contribution in [0.4, 0.5) is 0 Å². The first kappa shape index (κ1) is 12.7. The average Bonchev–Trinajstić information content (AvgIpc) is 2.07. The van der Waals surface area contributed by atoms with Crippen LogP contribution in [0.2, 0.25) is 0 Å². The number of nitrogens with zero attached hydrogens (tertiary/aromatic N) is 1. The number of piperazine rings is 1. The quantitative estimate of drug-likeness (QED) is 0.732. The Kier molecular flexibility index (Phi) is 5.33. The molecule has 3 nitrogen and oxygen atoms in total. The van der Waals surface area contributed by atoms with Gasteiger partial charge in [-0.2, -0.15) is 0 Å². The Bertz CT molecular complexity index is 175. The monoisotopic (exact) mass is 206 g/mol. The third-order valence-electron chi connectivity index (χ3n) is 2.54. The average molecular weight is 207 g/mol. The fourth-order valence-electron chi connectivity index (χ4n) is 1.51. The van der Waals surface area contributed by atoms with Crippen LogP contribution in [-0.4, -0.2) is 36.5 Å². The summed E-state index contributed by atoms with van der Waals surface area (Å²) < 4.78 is 0. The first-order chi connectivity index (χ1) is 5.66. The number of hydrogen-bond donors (Lipinski definition) is 1. The zero-order valence-corrected chi connectivity index (χ0v) is 9.36. The van der Waals surface area contributed by atoms with Crippen LogP contribution in [0.5, 0.6) is 0 Å². The summed E-state index contributed by atoms with van der Waals surface area (Å²) in [5.74, 6) is 0.246. The van der Waals surface area contributed by atoms with Gasteiger partial charge < -0.3 is 10.2 Å². The van der Waals surface area contributed by atoms with Crippen molar-refractivity contribution in [2.24, 2.45) is 0 Å². The fraction of sp³-hybridized carbons (Fsp3) is 0.889. The molecule has 78 valence electrons. The lowest BCUT2D eigenvalue weighted by atomic mass is 10.1. The van der Waals surface area contributed by atoms with E-state index in [0.29, 0.717) is 6.04 Å². The Labute approximate surface area is 86.3 Å². The highest BCUT2D eigenvalue weighted by Crippen LogP contribution is 2.09. The van der Waals surface area contributed by atoms with Crippen molar-refractivity contribution in [1.82, 2.24) is 10.2 Å². The number of carbonyl (C=O) groups excluding carboxylic acids is 1. The molecule has 1 fully saturated rings. The normalized spacial score (nSPS) is 28.5. The van der Waals surface area contributed by atoms with Gasteiger partial charge >= 0.3 is 0 Å². The van der Waals surface area contributed by atoms with Crippen molar-refractivity contribution in [1.29, 1.82) is 0 Å². The van der Waals surface area contributed by atoms with E-state index >= 15 is 0 Å². The molecule has 0 spiro atoms. The maximum Gasteiger partial charge on any atom is 0.239 e. The number of rotatable bonds is 2. The van der Waals surface area contributed by atoms with Crippen LogP contribution in [0, 0.1) is 0 Å². The standard InChI is InChI=1S/C9H18N2O.ClH/c1-4-5-8-9(12)11(3)7(2)6-10-8;/h7-8,10H,4-6H2,1-3H3;1H. The van der Waals surface area contributed by atoms with Crippen LogP contribution in [0.1, 0.15) is 26.7 Å². The molecule has 0 aromatic rings. The summed E-state index contributed by atoms with van der Waals surface area (Å²) in [6, 6.07) is 0.404. The van der Waals surface area contributed by atoms with E-state index < -0.39 is 0 Å². The largest absolute Gasteiger partial charge is 0.340 e. The lowest BCUT2D eigenvalue weighted by Crippen LogP contribution is -2.57. The van der Waals surface area contributed by atoms with Crippen LogP contribution in [-0.2, 0) is 4.79 Å². The van der Waals surface area contributed by atoms with E-state index in [9.17, 15) is 4.79 Å². The molecule has 4 heteroatoms. The van der Waals surface area contributed by atoms with Crippen LogP contribution in [0.3, 0.4) is 0 Å². The zero-order chi connectivity index (χ0) is 9.14. The van der Waals surface area contributed by atoms with Crippen molar-refractivity contribution in [3.63, 3.8) is 0 Å². The molecular weight excluding hydrogens is 188 g/mol. The summed E-state index contributed by atoms with van der Waals surface area (Å²) >= 11 is 0. The molecule has 1 saturated heterocycles. The molecule has 2 atom stereocenters. The van der Waals surface area contributed by atoms with Gasteiger partial charge in [0.1, 0.15) is 0 Å². The molecule has 1 heterocycles. The smallest absolute Gasteiger partial charge is 0.239 e. The maximum atomic E-state index is 11.6. The minimum absolute atomic E-state index is 0. The molecule has 0 aliphatic carbocycles. The number of carbonyl (C=O) groups is 1. The Morgan fingerprint density at radius 3 is 2.77 bits per heavy atom. The van der Waals surface area contributed by atoms with Crippen LogP contribution in [0.15, 0.2) is 0 Å². The molecule has 13 heavy (non-hydrogen) atoms. The summed E-state index contributed by atoms with van der Waals surface area (Å²) in [6.07, 6.45) is 2.02. The summed E-state index contributed by atoms with van der Waals surface area (Å²) in [5, 5.41) is 3.26. The van der Waals surface area contributed by atoms with Crippen molar-refractivity contribution in [3.8, 4) is 0 Å².